The van der Waals surface area contributed by atoms with Gasteiger partial charge in [-0.2, -0.15) is 4.57 Å². The summed E-state index contributed by atoms with van der Waals surface area (Å²) in [6.45, 7) is 1.72. The van der Waals surface area contributed by atoms with Gasteiger partial charge in [-0.15, -0.1) is 47.0 Å². The maximum absolute atomic E-state index is 11.0. The van der Waals surface area contributed by atoms with Crippen molar-refractivity contribution in [2.45, 2.75) is 102 Å². The summed E-state index contributed by atoms with van der Waals surface area (Å²) in [5.74, 6) is -1.69. The van der Waals surface area contributed by atoms with E-state index >= 15 is 0 Å². The number of benzene rings is 2. The third kappa shape index (κ3) is 10.9. The van der Waals surface area contributed by atoms with E-state index in [1.807, 2.05) is 23.1 Å². The standard InChI is InChI=1S/C40H48N2O4S6/c1-47-33-23-29-31(25-35(33)49-3)51-37(41(29)20-9-5-7-14-39(43)44)18-16-27-12-11-13-28(22-27)17-19-38-42(21-10-6-8-15-40(45)46)30-24-34(48-2)36(50-4)26-32(30)52-38/h16-19,22-26H,5-15,20-21H2,1-4H3,(H-,43,44,45,46). The van der Waals surface area contributed by atoms with Crippen molar-refractivity contribution >= 4 is 104 Å². The summed E-state index contributed by atoms with van der Waals surface area (Å²) in [6.07, 6.45) is 28.6. The molecular weight excluding hydrogens is 765 g/mol. The number of nitrogens with zero attached hydrogens (tertiary/aromatic N) is 2. The zero-order valence-electron chi connectivity index (χ0n) is 30.4. The first-order chi connectivity index (χ1) is 25.2. The molecule has 0 amide bonds. The molecule has 0 saturated carbocycles. The van der Waals surface area contributed by atoms with Crippen LogP contribution < -0.4 is 14.6 Å². The molecule has 52 heavy (non-hydrogen) atoms. The highest BCUT2D eigenvalue weighted by molar-refractivity contribution is 8.04. The lowest BCUT2D eigenvalue weighted by molar-refractivity contribution is -0.669. The van der Waals surface area contributed by atoms with Crippen molar-refractivity contribution < 1.29 is 24.4 Å². The van der Waals surface area contributed by atoms with Gasteiger partial charge in [0.25, 0.3) is 5.01 Å². The zero-order chi connectivity index (χ0) is 37.0. The number of hydrogen-bond acceptors (Lipinski definition) is 10. The minimum absolute atomic E-state index is 0.117. The Labute approximate surface area is 334 Å². The molecule has 278 valence electrons. The number of carboxylic acid groups (broad SMARTS) is 2. The Balaban J connectivity index is 1.38. The molecule has 6 nitrogen and oxygen atoms in total. The number of allylic oxidation sites excluding steroid dienone is 6. The summed E-state index contributed by atoms with van der Waals surface area (Å²) in [5.41, 5.74) is 5.16. The number of thiazole rings is 1. The van der Waals surface area contributed by atoms with Crippen LogP contribution in [0.5, 0.6) is 0 Å². The average Bonchev–Trinajstić information content (AvgIpc) is 3.66. The van der Waals surface area contributed by atoms with Crippen molar-refractivity contribution in [3.05, 3.63) is 69.8 Å². The van der Waals surface area contributed by atoms with E-state index in [0.717, 1.165) is 58.0 Å². The molecule has 5 rings (SSSR count). The molecule has 0 atom stereocenters. The Morgan fingerprint density at radius 3 is 2.27 bits per heavy atom. The van der Waals surface area contributed by atoms with Gasteiger partial charge < -0.3 is 19.9 Å². The molecule has 1 N–H and O–H groups in total. The van der Waals surface area contributed by atoms with Gasteiger partial charge in [0.1, 0.15) is 4.70 Å². The number of aryl methyl sites for hydroxylation is 1. The number of aliphatic carboxylic acids is 2. The van der Waals surface area contributed by atoms with Crippen molar-refractivity contribution in [2.24, 2.45) is 0 Å². The second-order valence-corrected chi connectivity index (χ2v) is 18.3. The molecule has 0 bridgehead atoms. The molecule has 0 fully saturated rings. The molecule has 1 aliphatic heterocycles. The lowest BCUT2D eigenvalue weighted by Crippen LogP contribution is -2.35. The smallest absolute Gasteiger partial charge is 0.303 e. The summed E-state index contributed by atoms with van der Waals surface area (Å²) >= 11 is 10.8. The Hall–Kier alpha value is -2.22. The third-order valence-electron chi connectivity index (χ3n) is 9.19. The molecule has 2 aromatic carbocycles. The minimum atomic E-state index is -0.972. The molecule has 2 heterocycles. The van der Waals surface area contributed by atoms with Crippen molar-refractivity contribution in [3.63, 3.8) is 0 Å². The van der Waals surface area contributed by atoms with Crippen LogP contribution in [0.25, 0.3) is 16.3 Å². The lowest BCUT2D eigenvalue weighted by atomic mass is 9.94. The molecule has 1 aliphatic carbocycles. The van der Waals surface area contributed by atoms with E-state index in [4.69, 9.17) is 5.11 Å². The second-order valence-electron chi connectivity index (χ2n) is 12.7. The highest BCUT2D eigenvalue weighted by Crippen LogP contribution is 2.50. The van der Waals surface area contributed by atoms with E-state index in [9.17, 15) is 14.7 Å². The van der Waals surface area contributed by atoms with Crippen LogP contribution in [0.3, 0.4) is 0 Å². The van der Waals surface area contributed by atoms with Crippen LogP contribution in [0.4, 0.5) is 5.69 Å². The maximum atomic E-state index is 11.0. The Bertz CT molecular complexity index is 1880. The number of carboxylic acids is 2. The molecule has 0 spiro atoms. The van der Waals surface area contributed by atoms with Gasteiger partial charge in [0, 0.05) is 62.0 Å². The fourth-order valence-electron chi connectivity index (χ4n) is 6.50. The molecule has 2 aliphatic rings. The van der Waals surface area contributed by atoms with Crippen LogP contribution in [-0.2, 0) is 16.1 Å². The first-order valence-corrected chi connectivity index (χ1v) is 24.3. The van der Waals surface area contributed by atoms with Crippen molar-refractivity contribution in [1.29, 1.82) is 0 Å². The van der Waals surface area contributed by atoms with Crippen LogP contribution in [0.1, 0.15) is 75.6 Å². The SMILES string of the molecule is CSc1cc2c(cc1SC)N(CCCCCC(=O)[O-])/C(=C/C=C1C=C(/C=C/c3sc4cc(SC)c(SC)cc4[n+]3CCCCCC(=O)O)CCC/1)S2. The number of anilines is 1. The van der Waals surface area contributed by atoms with Gasteiger partial charge in [0.15, 0.2) is 6.54 Å². The molecule has 12 heteroatoms. The number of carbonyl (C=O) groups is 2. The lowest BCUT2D eigenvalue weighted by Gasteiger charge is -2.21. The van der Waals surface area contributed by atoms with Gasteiger partial charge in [0.2, 0.25) is 5.52 Å². The first kappa shape index (κ1) is 41.0. The van der Waals surface area contributed by atoms with E-state index in [1.54, 1.807) is 47.0 Å². The number of rotatable bonds is 19. The molecule has 1 aromatic heterocycles. The fourth-order valence-corrected chi connectivity index (χ4v) is 11.8. The topological polar surface area (TPSA) is 84.6 Å². The van der Waals surface area contributed by atoms with Gasteiger partial charge in [-0.25, -0.2) is 0 Å². The number of fused-ring (bicyclic) bond motifs is 2. The summed E-state index contributed by atoms with van der Waals surface area (Å²) in [4.78, 5) is 30.9. The van der Waals surface area contributed by atoms with Crippen LogP contribution in [-0.4, -0.2) is 48.6 Å². The highest BCUT2D eigenvalue weighted by atomic mass is 32.2. The van der Waals surface area contributed by atoms with Gasteiger partial charge in [-0.1, -0.05) is 47.7 Å². The van der Waals surface area contributed by atoms with Crippen LogP contribution >= 0.6 is 70.1 Å². The Morgan fingerprint density at radius 2 is 1.54 bits per heavy atom. The van der Waals surface area contributed by atoms with Crippen LogP contribution in [0.15, 0.2) is 89.2 Å². The number of thioether (sulfide) groups is 5. The predicted molar refractivity (Wildman–Crippen MR) is 226 cm³/mol. The average molecular weight is 813 g/mol. The van der Waals surface area contributed by atoms with E-state index in [-0.39, 0.29) is 12.8 Å². The van der Waals surface area contributed by atoms with Crippen molar-refractivity contribution in [2.75, 3.05) is 36.5 Å². The summed E-state index contributed by atoms with van der Waals surface area (Å²) in [5, 5.41) is 22.5. The number of unbranched alkanes of at least 4 members (excludes halogenated alkanes) is 4. The fraction of sp³-hybridized carbons (Fsp3) is 0.425. The van der Waals surface area contributed by atoms with Crippen molar-refractivity contribution in [3.8, 4) is 0 Å². The van der Waals surface area contributed by atoms with E-state index in [1.165, 1.54) is 61.6 Å². The van der Waals surface area contributed by atoms with E-state index in [2.05, 4.69) is 89.1 Å². The molecule has 0 saturated heterocycles. The zero-order valence-corrected chi connectivity index (χ0v) is 35.3. The van der Waals surface area contributed by atoms with Gasteiger partial charge in [-0.3, -0.25) is 4.79 Å². The summed E-state index contributed by atoms with van der Waals surface area (Å²) < 4.78 is 3.71. The monoisotopic (exact) mass is 812 g/mol. The Kier molecular flexibility index (Phi) is 16.1. The molecule has 0 unspecified atom stereocenters. The second kappa shape index (κ2) is 20.5. The summed E-state index contributed by atoms with van der Waals surface area (Å²) in [7, 11) is 0. The van der Waals surface area contributed by atoms with Crippen LogP contribution in [0.2, 0.25) is 0 Å². The quantitative estimate of drug-likeness (QED) is 0.0717. The first-order valence-electron chi connectivity index (χ1n) is 17.8. The van der Waals surface area contributed by atoms with Gasteiger partial charge >= 0.3 is 5.97 Å². The molecule has 3 aromatic rings. The predicted octanol–water partition coefficient (Wildman–Crippen LogP) is 10.5. The third-order valence-corrected chi connectivity index (χ3v) is 14.8. The number of hydrogen-bond donors (Lipinski definition) is 1. The molecular formula is C40H48N2O4S6. The Morgan fingerprint density at radius 1 is 0.846 bits per heavy atom. The van der Waals surface area contributed by atoms with Gasteiger partial charge in [0.05, 0.1) is 10.7 Å². The largest absolute Gasteiger partial charge is 0.550 e. The van der Waals surface area contributed by atoms with Crippen LogP contribution in [0, 0.1) is 0 Å². The minimum Gasteiger partial charge on any atom is -0.550 e. The normalized spacial score (nSPS) is 16.1. The van der Waals surface area contributed by atoms with Crippen molar-refractivity contribution in [1.82, 2.24) is 0 Å². The highest BCUT2D eigenvalue weighted by Gasteiger charge is 2.26. The maximum Gasteiger partial charge on any atom is 0.303 e. The molecule has 0 radical (unpaired) electrons. The van der Waals surface area contributed by atoms with E-state index in [0.29, 0.717) is 12.8 Å². The number of aromatic nitrogens is 1. The van der Waals surface area contributed by atoms with E-state index < -0.39 is 11.9 Å². The summed E-state index contributed by atoms with van der Waals surface area (Å²) in [6, 6.07) is 9.28. The number of carbonyl (C=O) groups excluding carboxylic acids is 1. The van der Waals surface area contributed by atoms with Gasteiger partial charge in [-0.05, 0) is 112 Å².